The van der Waals surface area contributed by atoms with Crippen molar-refractivity contribution in [2.75, 3.05) is 11.4 Å². The zero-order chi connectivity index (χ0) is 11.5. The normalized spacial score (nSPS) is 13.7. The average molecular weight is 212 g/mol. The van der Waals surface area contributed by atoms with Crippen LogP contribution in [0.2, 0.25) is 0 Å². The van der Waals surface area contributed by atoms with Gasteiger partial charge in [-0.25, -0.2) is 0 Å². The molecule has 1 aliphatic rings. The second kappa shape index (κ2) is 4.11. The van der Waals surface area contributed by atoms with Gasteiger partial charge in [0.05, 0.1) is 6.54 Å². The maximum Gasteiger partial charge on any atom is 0.246 e. The van der Waals surface area contributed by atoms with Gasteiger partial charge in [-0.3, -0.25) is 4.79 Å². The molecule has 1 aromatic rings. The van der Waals surface area contributed by atoms with Crippen molar-refractivity contribution in [1.29, 1.82) is 0 Å². The number of rotatable bonds is 2. The van der Waals surface area contributed by atoms with Gasteiger partial charge >= 0.3 is 0 Å². The van der Waals surface area contributed by atoms with Crippen LogP contribution in [-0.4, -0.2) is 12.5 Å². The SMILES string of the molecule is C#CCN1C=C(C(N)=O)Cc2ccccc21. The first-order valence-corrected chi connectivity index (χ1v) is 5.01. The van der Waals surface area contributed by atoms with E-state index in [2.05, 4.69) is 5.92 Å². The molecule has 0 radical (unpaired) electrons. The largest absolute Gasteiger partial charge is 0.366 e. The van der Waals surface area contributed by atoms with Gasteiger partial charge in [0, 0.05) is 23.9 Å². The van der Waals surface area contributed by atoms with E-state index in [0.717, 1.165) is 11.3 Å². The van der Waals surface area contributed by atoms with Gasteiger partial charge in [-0.1, -0.05) is 24.1 Å². The Hall–Kier alpha value is -2.21. The van der Waals surface area contributed by atoms with Crippen LogP contribution in [-0.2, 0) is 11.2 Å². The number of hydrogen-bond acceptors (Lipinski definition) is 2. The Labute approximate surface area is 94.6 Å². The molecular weight excluding hydrogens is 200 g/mol. The summed E-state index contributed by atoms with van der Waals surface area (Å²) in [6, 6.07) is 7.86. The molecule has 80 valence electrons. The van der Waals surface area contributed by atoms with E-state index in [4.69, 9.17) is 12.2 Å². The van der Waals surface area contributed by atoms with Crippen LogP contribution < -0.4 is 10.6 Å². The van der Waals surface area contributed by atoms with Crippen molar-refractivity contribution < 1.29 is 4.79 Å². The minimum absolute atomic E-state index is 0.392. The Bertz CT molecular complexity index is 497. The van der Waals surface area contributed by atoms with Crippen molar-refractivity contribution in [3.8, 4) is 12.3 Å². The van der Waals surface area contributed by atoms with E-state index in [1.807, 2.05) is 29.2 Å². The Balaban J connectivity index is 2.43. The summed E-state index contributed by atoms with van der Waals surface area (Å²) in [5.74, 6) is 2.17. The zero-order valence-electron chi connectivity index (χ0n) is 8.81. The molecule has 0 saturated heterocycles. The minimum Gasteiger partial charge on any atom is -0.366 e. The van der Waals surface area contributed by atoms with Gasteiger partial charge in [0.25, 0.3) is 0 Å². The third-order valence-electron chi connectivity index (χ3n) is 2.57. The quantitative estimate of drug-likeness (QED) is 0.745. The number of carbonyl (C=O) groups is 1. The molecule has 1 heterocycles. The third kappa shape index (κ3) is 1.78. The number of nitrogens with two attached hydrogens (primary N) is 1. The fourth-order valence-corrected chi connectivity index (χ4v) is 1.83. The maximum atomic E-state index is 11.2. The highest BCUT2D eigenvalue weighted by molar-refractivity contribution is 5.94. The zero-order valence-corrected chi connectivity index (χ0v) is 8.81. The predicted octanol–water partition coefficient (Wildman–Crippen LogP) is 1.05. The minimum atomic E-state index is -0.392. The topological polar surface area (TPSA) is 46.3 Å². The molecule has 0 unspecified atom stereocenters. The fourth-order valence-electron chi connectivity index (χ4n) is 1.83. The van der Waals surface area contributed by atoms with E-state index in [0.29, 0.717) is 18.5 Å². The van der Waals surface area contributed by atoms with E-state index in [-0.39, 0.29) is 0 Å². The summed E-state index contributed by atoms with van der Waals surface area (Å²) in [5, 5.41) is 0. The van der Waals surface area contributed by atoms with E-state index < -0.39 is 5.91 Å². The molecular formula is C13H12N2O. The Kier molecular flexibility index (Phi) is 2.65. The Morgan fingerprint density at radius 1 is 1.50 bits per heavy atom. The summed E-state index contributed by atoms with van der Waals surface area (Å²) in [5.41, 5.74) is 8.01. The summed E-state index contributed by atoms with van der Waals surface area (Å²) < 4.78 is 0. The molecule has 0 fully saturated rings. The third-order valence-corrected chi connectivity index (χ3v) is 2.57. The Morgan fingerprint density at radius 3 is 2.94 bits per heavy atom. The van der Waals surface area contributed by atoms with Crippen LogP contribution in [0.3, 0.4) is 0 Å². The fraction of sp³-hybridized carbons (Fsp3) is 0.154. The monoisotopic (exact) mass is 212 g/mol. The number of para-hydroxylation sites is 1. The van der Waals surface area contributed by atoms with Crippen molar-refractivity contribution in [2.45, 2.75) is 6.42 Å². The molecule has 2 N–H and O–H groups in total. The lowest BCUT2D eigenvalue weighted by molar-refractivity contribution is -0.114. The molecule has 1 aromatic carbocycles. The van der Waals surface area contributed by atoms with E-state index in [9.17, 15) is 4.79 Å². The standard InChI is InChI=1S/C13H12N2O/c1-2-7-15-9-11(13(14)16)8-10-5-3-4-6-12(10)15/h1,3-6,9H,7-8H2,(H2,14,16). The first-order valence-electron chi connectivity index (χ1n) is 5.01. The van der Waals surface area contributed by atoms with Crippen molar-refractivity contribution in [1.82, 2.24) is 0 Å². The molecule has 16 heavy (non-hydrogen) atoms. The predicted molar refractivity (Wildman–Crippen MR) is 63.6 cm³/mol. The number of benzene rings is 1. The van der Waals surface area contributed by atoms with Crippen LogP contribution in [0.25, 0.3) is 0 Å². The van der Waals surface area contributed by atoms with Gasteiger partial charge in [-0.05, 0) is 11.6 Å². The number of carbonyl (C=O) groups excluding carboxylic acids is 1. The summed E-state index contributed by atoms with van der Waals surface area (Å²) >= 11 is 0. The molecule has 3 heteroatoms. The molecule has 0 saturated carbocycles. The molecule has 2 rings (SSSR count). The molecule has 0 aliphatic carbocycles. The summed E-state index contributed by atoms with van der Waals surface area (Å²) in [4.78, 5) is 13.1. The summed E-state index contributed by atoms with van der Waals surface area (Å²) in [6.07, 6.45) is 7.62. The van der Waals surface area contributed by atoms with E-state index in [1.165, 1.54) is 0 Å². The molecule has 1 aliphatic heterocycles. The smallest absolute Gasteiger partial charge is 0.246 e. The molecule has 0 spiro atoms. The number of anilines is 1. The van der Waals surface area contributed by atoms with Crippen molar-refractivity contribution in [3.63, 3.8) is 0 Å². The van der Waals surface area contributed by atoms with Gasteiger partial charge in [0.1, 0.15) is 0 Å². The number of terminal acetylenes is 1. The molecule has 0 atom stereocenters. The van der Waals surface area contributed by atoms with Gasteiger partial charge in [0.15, 0.2) is 0 Å². The van der Waals surface area contributed by atoms with E-state index >= 15 is 0 Å². The first-order chi connectivity index (χ1) is 7.72. The number of nitrogens with zero attached hydrogens (tertiary/aromatic N) is 1. The lowest BCUT2D eigenvalue weighted by Crippen LogP contribution is -2.27. The van der Waals surface area contributed by atoms with Crippen molar-refractivity contribution >= 4 is 11.6 Å². The second-order valence-electron chi connectivity index (χ2n) is 3.66. The highest BCUT2D eigenvalue weighted by atomic mass is 16.1. The van der Waals surface area contributed by atoms with E-state index in [1.54, 1.807) is 6.20 Å². The highest BCUT2D eigenvalue weighted by Crippen LogP contribution is 2.28. The van der Waals surface area contributed by atoms with Crippen LogP contribution in [0, 0.1) is 12.3 Å². The average Bonchev–Trinajstić information content (AvgIpc) is 2.29. The van der Waals surface area contributed by atoms with Gasteiger partial charge in [-0.15, -0.1) is 6.42 Å². The number of primary amides is 1. The Morgan fingerprint density at radius 2 is 2.25 bits per heavy atom. The highest BCUT2D eigenvalue weighted by Gasteiger charge is 2.18. The summed E-state index contributed by atoms with van der Waals surface area (Å²) in [6.45, 7) is 0.438. The number of hydrogen-bond donors (Lipinski definition) is 1. The molecule has 1 amide bonds. The molecule has 3 nitrogen and oxygen atoms in total. The van der Waals surface area contributed by atoms with Gasteiger partial charge in [-0.2, -0.15) is 0 Å². The first kappa shape index (κ1) is 10.3. The van der Waals surface area contributed by atoms with Crippen molar-refractivity contribution in [2.24, 2.45) is 5.73 Å². The number of fused-ring (bicyclic) bond motifs is 1. The number of amides is 1. The van der Waals surface area contributed by atoms with Crippen LogP contribution in [0.4, 0.5) is 5.69 Å². The van der Waals surface area contributed by atoms with Crippen LogP contribution >= 0.6 is 0 Å². The molecule has 0 bridgehead atoms. The lowest BCUT2D eigenvalue weighted by Gasteiger charge is -2.26. The second-order valence-corrected chi connectivity index (χ2v) is 3.66. The molecule has 0 aromatic heterocycles. The van der Waals surface area contributed by atoms with Crippen LogP contribution in [0.15, 0.2) is 36.0 Å². The van der Waals surface area contributed by atoms with Crippen molar-refractivity contribution in [3.05, 3.63) is 41.6 Å². The van der Waals surface area contributed by atoms with Crippen LogP contribution in [0.5, 0.6) is 0 Å². The van der Waals surface area contributed by atoms with Crippen LogP contribution in [0.1, 0.15) is 5.56 Å². The summed E-state index contributed by atoms with van der Waals surface area (Å²) in [7, 11) is 0. The van der Waals surface area contributed by atoms with Gasteiger partial charge < -0.3 is 10.6 Å². The van der Waals surface area contributed by atoms with Gasteiger partial charge in [0.2, 0.25) is 5.91 Å². The lowest BCUT2D eigenvalue weighted by atomic mass is 9.99. The maximum absolute atomic E-state index is 11.2.